The summed E-state index contributed by atoms with van der Waals surface area (Å²) in [4.78, 5) is 29.9. The summed E-state index contributed by atoms with van der Waals surface area (Å²) in [5, 5.41) is 0. The number of esters is 1. The molecule has 0 aliphatic carbocycles. The summed E-state index contributed by atoms with van der Waals surface area (Å²) in [7, 11) is -3.58. The van der Waals surface area contributed by atoms with E-state index in [4.69, 9.17) is 14.5 Å². The van der Waals surface area contributed by atoms with Gasteiger partial charge in [-0.05, 0) is 23.6 Å². The molecule has 0 aliphatic rings. The van der Waals surface area contributed by atoms with Crippen LogP contribution in [0.2, 0.25) is 0 Å². The second kappa shape index (κ2) is 6.75. The molecule has 0 heterocycles. The van der Waals surface area contributed by atoms with E-state index in [0.717, 1.165) is 5.56 Å². The highest BCUT2D eigenvalue weighted by molar-refractivity contribution is 7.46. The van der Waals surface area contributed by atoms with Gasteiger partial charge in [-0.25, -0.2) is 9.36 Å². The number of ether oxygens (including phenoxy) is 1. The predicted molar refractivity (Wildman–Crippen MR) is 79.7 cm³/mol. The van der Waals surface area contributed by atoms with Gasteiger partial charge in [0.15, 0.2) is 0 Å². The zero-order valence-corrected chi connectivity index (χ0v) is 12.7. The molecule has 0 fully saturated rings. The van der Waals surface area contributed by atoms with Crippen molar-refractivity contribution in [1.82, 2.24) is 0 Å². The van der Waals surface area contributed by atoms with Crippen molar-refractivity contribution in [1.29, 1.82) is 0 Å². The summed E-state index contributed by atoms with van der Waals surface area (Å²) in [6, 6.07) is 13.9. The average Bonchev–Trinajstić information content (AvgIpc) is 2.46. The van der Waals surface area contributed by atoms with Crippen LogP contribution in [-0.4, -0.2) is 22.9 Å². The van der Waals surface area contributed by atoms with E-state index in [0.29, 0.717) is 12.0 Å². The number of benzene rings is 2. The number of phosphoric acid groups is 1. The van der Waals surface area contributed by atoms with E-state index in [1.165, 1.54) is 13.2 Å². The van der Waals surface area contributed by atoms with Crippen molar-refractivity contribution in [2.45, 2.75) is 6.42 Å². The summed E-state index contributed by atoms with van der Waals surface area (Å²) in [6.45, 7) is 0. The summed E-state index contributed by atoms with van der Waals surface area (Å²) < 4.78 is 20.4. The largest absolute Gasteiger partial charge is 0.524 e. The van der Waals surface area contributed by atoms with Crippen molar-refractivity contribution in [3.05, 3.63) is 65.2 Å². The Kier molecular flexibility index (Phi) is 4.98. The Bertz CT molecular complexity index is 707. The van der Waals surface area contributed by atoms with Crippen LogP contribution >= 0.6 is 7.82 Å². The van der Waals surface area contributed by atoms with Gasteiger partial charge in [-0.15, -0.1) is 0 Å². The molecule has 0 unspecified atom stereocenters. The van der Waals surface area contributed by atoms with Crippen LogP contribution in [0, 0.1) is 0 Å². The van der Waals surface area contributed by atoms with Crippen molar-refractivity contribution in [2.24, 2.45) is 0 Å². The van der Waals surface area contributed by atoms with Crippen molar-refractivity contribution >= 4 is 13.8 Å². The standard InChI is InChI=1S/C15H15O6P/c1-20-15(16)14-12(10-11-6-3-2-4-7-11)8-5-9-13(14)21-22(17,18)19/h2-9H,10H2,1H3,(H2,17,18,19). The van der Waals surface area contributed by atoms with E-state index >= 15 is 0 Å². The van der Waals surface area contributed by atoms with E-state index in [1.54, 1.807) is 12.1 Å². The first kappa shape index (κ1) is 16.2. The molecule has 2 N–H and O–H groups in total. The molecule has 2 aromatic rings. The first-order chi connectivity index (χ1) is 10.4. The van der Waals surface area contributed by atoms with E-state index in [-0.39, 0.29) is 11.3 Å². The van der Waals surface area contributed by atoms with Crippen molar-refractivity contribution in [3.8, 4) is 5.75 Å². The molecule has 6 nitrogen and oxygen atoms in total. The lowest BCUT2D eigenvalue weighted by molar-refractivity contribution is 0.0597. The highest BCUT2D eigenvalue weighted by Gasteiger charge is 2.24. The lowest BCUT2D eigenvalue weighted by Crippen LogP contribution is -2.09. The maximum Gasteiger partial charge on any atom is 0.524 e. The van der Waals surface area contributed by atoms with Gasteiger partial charge in [0, 0.05) is 0 Å². The molecular weight excluding hydrogens is 307 g/mol. The van der Waals surface area contributed by atoms with Gasteiger partial charge >= 0.3 is 13.8 Å². The van der Waals surface area contributed by atoms with E-state index in [1.807, 2.05) is 30.3 Å². The molecule has 116 valence electrons. The molecule has 0 saturated heterocycles. The molecular formula is C15H15O6P. The van der Waals surface area contributed by atoms with Gasteiger partial charge in [-0.1, -0.05) is 42.5 Å². The van der Waals surface area contributed by atoms with Crippen LogP contribution < -0.4 is 4.52 Å². The number of carbonyl (C=O) groups excluding carboxylic acids is 1. The lowest BCUT2D eigenvalue weighted by atomic mass is 9.99. The molecule has 0 saturated carbocycles. The van der Waals surface area contributed by atoms with Gasteiger partial charge < -0.3 is 9.26 Å². The number of methoxy groups -OCH3 is 1. The fourth-order valence-electron chi connectivity index (χ4n) is 2.08. The van der Waals surface area contributed by atoms with Crippen LogP contribution in [0.25, 0.3) is 0 Å². The quantitative estimate of drug-likeness (QED) is 0.649. The Morgan fingerprint density at radius 2 is 1.77 bits per heavy atom. The topological polar surface area (TPSA) is 93.1 Å². The third kappa shape index (κ3) is 4.18. The van der Waals surface area contributed by atoms with Gasteiger partial charge in [-0.2, -0.15) is 0 Å². The Balaban J connectivity index is 2.46. The van der Waals surface area contributed by atoms with Crippen molar-refractivity contribution < 1.29 is 28.4 Å². The summed E-state index contributed by atoms with van der Waals surface area (Å²) in [5.41, 5.74) is 1.52. The first-order valence-corrected chi connectivity index (χ1v) is 7.93. The number of rotatable bonds is 5. The van der Waals surface area contributed by atoms with Gasteiger partial charge in [0.05, 0.1) is 7.11 Å². The molecule has 0 aromatic heterocycles. The minimum atomic E-state index is -4.77. The number of hydrogen-bond acceptors (Lipinski definition) is 4. The highest BCUT2D eigenvalue weighted by atomic mass is 31.2. The minimum absolute atomic E-state index is 0.0113. The third-order valence-electron chi connectivity index (χ3n) is 2.96. The van der Waals surface area contributed by atoms with Crippen LogP contribution in [0.1, 0.15) is 21.5 Å². The molecule has 0 radical (unpaired) electrons. The third-order valence-corrected chi connectivity index (χ3v) is 3.39. The molecule has 7 heteroatoms. The van der Waals surface area contributed by atoms with Gasteiger partial charge in [0.2, 0.25) is 0 Å². The Morgan fingerprint density at radius 1 is 1.09 bits per heavy atom. The van der Waals surface area contributed by atoms with Crippen LogP contribution in [0.5, 0.6) is 5.75 Å². The van der Waals surface area contributed by atoms with Crippen molar-refractivity contribution in [3.63, 3.8) is 0 Å². The number of phosphoric ester groups is 1. The fourth-order valence-corrected chi connectivity index (χ4v) is 2.49. The molecule has 0 amide bonds. The van der Waals surface area contributed by atoms with Crippen LogP contribution in [0.4, 0.5) is 0 Å². The average molecular weight is 322 g/mol. The molecule has 0 bridgehead atoms. The molecule has 2 rings (SSSR count). The zero-order chi connectivity index (χ0) is 16.2. The van der Waals surface area contributed by atoms with Crippen LogP contribution in [-0.2, 0) is 15.7 Å². The second-order valence-electron chi connectivity index (χ2n) is 4.53. The lowest BCUT2D eigenvalue weighted by Gasteiger charge is -2.14. The first-order valence-electron chi connectivity index (χ1n) is 6.40. The molecule has 22 heavy (non-hydrogen) atoms. The maximum atomic E-state index is 12.0. The molecule has 0 spiro atoms. The van der Waals surface area contributed by atoms with E-state index in [9.17, 15) is 9.36 Å². The number of carbonyl (C=O) groups is 1. The van der Waals surface area contributed by atoms with Gasteiger partial charge in [0.1, 0.15) is 11.3 Å². The Morgan fingerprint density at radius 3 is 2.36 bits per heavy atom. The van der Waals surface area contributed by atoms with E-state index < -0.39 is 13.8 Å². The molecule has 0 atom stereocenters. The van der Waals surface area contributed by atoms with E-state index in [2.05, 4.69) is 4.52 Å². The predicted octanol–water partition coefficient (Wildman–Crippen LogP) is 2.54. The summed E-state index contributed by atoms with van der Waals surface area (Å²) >= 11 is 0. The smallest absolute Gasteiger partial charge is 0.465 e. The monoisotopic (exact) mass is 322 g/mol. The molecule has 2 aromatic carbocycles. The molecule has 0 aliphatic heterocycles. The van der Waals surface area contributed by atoms with Crippen molar-refractivity contribution in [2.75, 3.05) is 7.11 Å². The maximum absolute atomic E-state index is 12.0. The second-order valence-corrected chi connectivity index (χ2v) is 5.69. The van der Waals surface area contributed by atoms with Gasteiger partial charge in [-0.3, -0.25) is 9.79 Å². The zero-order valence-electron chi connectivity index (χ0n) is 11.8. The summed E-state index contributed by atoms with van der Waals surface area (Å²) in [5.74, 6) is -0.913. The van der Waals surface area contributed by atoms with Crippen LogP contribution in [0.15, 0.2) is 48.5 Å². The van der Waals surface area contributed by atoms with Gasteiger partial charge in [0.25, 0.3) is 0 Å². The SMILES string of the molecule is COC(=O)c1c(Cc2ccccc2)cccc1OP(=O)(O)O. The fraction of sp³-hybridized carbons (Fsp3) is 0.133. The number of hydrogen-bond donors (Lipinski definition) is 2. The Labute approximate surface area is 127 Å². The minimum Gasteiger partial charge on any atom is -0.465 e. The van der Waals surface area contributed by atoms with Crippen LogP contribution in [0.3, 0.4) is 0 Å². The normalized spacial score (nSPS) is 11.0. The summed E-state index contributed by atoms with van der Waals surface area (Å²) in [6.07, 6.45) is 0.406. The Hall–Kier alpha value is -2.14. The highest BCUT2D eigenvalue weighted by Crippen LogP contribution is 2.40.